The topological polar surface area (TPSA) is 83.8 Å². The molecule has 4 N–H and O–H groups in total. The molecule has 78 valence electrons. The molecule has 0 unspecified atom stereocenters. The van der Waals surface area contributed by atoms with E-state index < -0.39 is 0 Å². The Kier molecular flexibility index (Phi) is 3.64. The number of hydrogen-bond acceptors (Lipinski definition) is 4. The van der Waals surface area contributed by atoms with Crippen LogP contribution in [-0.2, 0) is 13.0 Å². The second-order valence-electron chi connectivity index (χ2n) is 3.01. The van der Waals surface area contributed by atoms with Gasteiger partial charge in [-0.1, -0.05) is 13.8 Å². The first-order chi connectivity index (χ1) is 6.69. The van der Waals surface area contributed by atoms with Gasteiger partial charge in [0.15, 0.2) is 0 Å². The van der Waals surface area contributed by atoms with Crippen LogP contribution in [-0.4, -0.2) is 16.5 Å². The molecule has 5 heteroatoms. The van der Waals surface area contributed by atoms with Crippen molar-refractivity contribution < 1.29 is 0 Å². The Morgan fingerprint density at radius 2 is 2.21 bits per heavy atom. The average Bonchev–Trinajstić information content (AvgIpc) is 2.14. The first-order valence-electron chi connectivity index (χ1n) is 4.77. The number of nitrogens with zero attached hydrogens (tertiary/aromatic N) is 1. The van der Waals surface area contributed by atoms with Gasteiger partial charge in [-0.15, -0.1) is 0 Å². The van der Waals surface area contributed by atoms with Crippen LogP contribution in [0, 0.1) is 0 Å². The lowest BCUT2D eigenvalue weighted by Gasteiger charge is -2.05. The molecule has 0 fully saturated rings. The zero-order valence-electron chi connectivity index (χ0n) is 8.55. The number of nitrogen functional groups attached to an aromatic ring is 1. The fourth-order valence-corrected chi connectivity index (χ4v) is 1.23. The monoisotopic (exact) mass is 196 g/mol. The van der Waals surface area contributed by atoms with Crippen LogP contribution in [0.15, 0.2) is 4.79 Å². The third kappa shape index (κ3) is 2.32. The Morgan fingerprint density at radius 3 is 2.71 bits per heavy atom. The average molecular weight is 196 g/mol. The molecule has 0 saturated carbocycles. The SMILES string of the molecule is CCNCc1nc(N)c(CC)c(=O)[nH]1. The van der Waals surface area contributed by atoms with Crippen molar-refractivity contribution in [1.29, 1.82) is 0 Å². The summed E-state index contributed by atoms with van der Waals surface area (Å²) in [5.41, 5.74) is 6.07. The van der Waals surface area contributed by atoms with Crippen molar-refractivity contribution in [3.05, 3.63) is 21.7 Å². The summed E-state index contributed by atoms with van der Waals surface area (Å²) in [7, 11) is 0. The molecule has 0 aliphatic heterocycles. The van der Waals surface area contributed by atoms with Crippen molar-refractivity contribution in [2.75, 3.05) is 12.3 Å². The molecular weight excluding hydrogens is 180 g/mol. The smallest absolute Gasteiger partial charge is 0.256 e. The lowest BCUT2D eigenvalue weighted by atomic mass is 10.2. The molecule has 14 heavy (non-hydrogen) atoms. The van der Waals surface area contributed by atoms with Crippen molar-refractivity contribution >= 4 is 5.82 Å². The minimum atomic E-state index is -0.132. The highest BCUT2D eigenvalue weighted by Gasteiger charge is 2.05. The normalized spacial score (nSPS) is 10.4. The summed E-state index contributed by atoms with van der Waals surface area (Å²) in [6.45, 7) is 5.24. The van der Waals surface area contributed by atoms with Crippen LogP contribution in [0.5, 0.6) is 0 Å². The number of H-pyrrole nitrogens is 1. The number of rotatable bonds is 4. The first kappa shape index (κ1) is 10.7. The second kappa shape index (κ2) is 4.76. The van der Waals surface area contributed by atoms with Gasteiger partial charge in [0.1, 0.15) is 11.6 Å². The van der Waals surface area contributed by atoms with Crippen LogP contribution in [0.2, 0.25) is 0 Å². The van der Waals surface area contributed by atoms with Gasteiger partial charge in [0, 0.05) is 0 Å². The van der Waals surface area contributed by atoms with Crippen molar-refractivity contribution in [3.63, 3.8) is 0 Å². The van der Waals surface area contributed by atoms with Gasteiger partial charge in [0.05, 0.1) is 12.1 Å². The minimum absolute atomic E-state index is 0.132. The Balaban J connectivity index is 2.96. The maximum absolute atomic E-state index is 11.5. The van der Waals surface area contributed by atoms with Gasteiger partial charge >= 0.3 is 0 Å². The predicted octanol–water partition coefficient (Wildman–Crippen LogP) is 0.0240. The number of anilines is 1. The van der Waals surface area contributed by atoms with Gasteiger partial charge in [-0.2, -0.15) is 0 Å². The van der Waals surface area contributed by atoms with Crippen molar-refractivity contribution in [2.45, 2.75) is 26.8 Å². The predicted molar refractivity (Wildman–Crippen MR) is 56.0 cm³/mol. The Labute approximate surface area is 82.7 Å². The number of nitrogens with one attached hydrogen (secondary N) is 2. The Hall–Kier alpha value is -1.36. The Bertz CT molecular complexity index is 358. The van der Waals surface area contributed by atoms with Crippen LogP contribution >= 0.6 is 0 Å². The van der Waals surface area contributed by atoms with E-state index in [-0.39, 0.29) is 5.56 Å². The molecule has 5 nitrogen and oxygen atoms in total. The fourth-order valence-electron chi connectivity index (χ4n) is 1.23. The summed E-state index contributed by atoms with van der Waals surface area (Å²) in [6, 6.07) is 0. The molecule has 0 amide bonds. The lowest BCUT2D eigenvalue weighted by molar-refractivity contribution is 0.686. The van der Waals surface area contributed by atoms with Gasteiger partial charge in [-0.3, -0.25) is 4.79 Å². The zero-order chi connectivity index (χ0) is 10.6. The first-order valence-corrected chi connectivity index (χ1v) is 4.77. The molecule has 0 aromatic carbocycles. The van der Waals surface area contributed by atoms with Gasteiger partial charge in [0.2, 0.25) is 0 Å². The number of hydrogen-bond donors (Lipinski definition) is 3. The largest absolute Gasteiger partial charge is 0.383 e. The van der Waals surface area contributed by atoms with E-state index in [0.717, 1.165) is 6.54 Å². The molecule has 1 aromatic heterocycles. The highest BCUT2D eigenvalue weighted by Crippen LogP contribution is 2.02. The molecule has 0 spiro atoms. The van der Waals surface area contributed by atoms with E-state index in [9.17, 15) is 4.79 Å². The summed E-state index contributed by atoms with van der Waals surface area (Å²) in [4.78, 5) is 18.2. The molecule has 1 rings (SSSR count). The van der Waals surface area contributed by atoms with Gasteiger partial charge in [0.25, 0.3) is 5.56 Å². The summed E-state index contributed by atoms with van der Waals surface area (Å²) in [5, 5.41) is 3.07. The van der Waals surface area contributed by atoms with Crippen LogP contribution in [0.1, 0.15) is 25.2 Å². The maximum atomic E-state index is 11.5. The highest BCUT2D eigenvalue weighted by molar-refractivity contribution is 5.37. The quantitative estimate of drug-likeness (QED) is 0.634. The molecule has 0 aliphatic carbocycles. The van der Waals surface area contributed by atoms with E-state index in [1.165, 1.54) is 0 Å². The molecule has 0 atom stereocenters. The van der Waals surface area contributed by atoms with Gasteiger partial charge in [-0.05, 0) is 13.0 Å². The van der Waals surface area contributed by atoms with E-state index in [0.29, 0.717) is 30.2 Å². The van der Waals surface area contributed by atoms with E-state index in [1.807, 2.05) is 13.8 Å². The highest BCUT2D eigenvalue weighted by atomic mass is 16.1. The lowest BCUT2D eigenvalue weighted by Crippen LogP contribution is -2.23. The summed E-state index contributed by atoms with van der Waals surface area (Å²) < 4.78 is 0. The third-order valence-electron chi connectivity index (χ3n) is 1.99. The zero-order valence-corrected chi connectivity index (χ0v) is 8.55. The van der Waals surface area contributed by atoms with E-state index in [4.69, 9.17) is 5.73 Å². The number of nitrogens with two attached hydrogens (primary N) is 1. The minimum Gasteiger partial charge on any atom is -0.383 e. The number of aromatic nitrogens is 2. The van der Waals surface area contributed by atoms with Gasteiger partial charge < -0.3 is 16.0 Å². The molecular formula is C9H16N4O. The third-order valence-corrected chi connectivity index (χ3v) is 1.99. The molecule has 0 bridgehead atoms. The van der Waals surface area contributed by atoms with Crippen molar-refractivity contribution in [2.24, 2.45) is 0 Å². The van der Waals surface area contributed by atoms with E-state index >= 15 is 0 Å². The molecule has 0 aliphatic rings. The molecule has 0 saturated heterocycles. The van der Waals surface area contributed by atoms with Crippen LogP contribution < -0.4 is 16.6 Å². The molecule has 1 heterocycles. The fraction of sp³-hybridized carbons (Fsp3) is 0.556. The van der Waals surface area contributed by atoms with Crippen LogP contribution in [0.25, 0.3) is 0 Å². The Morgan fingerprint density at radius 1 is 1.50 bits per heavy atom. The van der Waals surface area contributed by atoms with Crippen LogP contribution in [0.3, 0.4) is 0 Å². The summed E-state index contributed by atoms with van der Waals surface area (Å²) in [5.74, 6) is 0.927. The van der Waals surface area contributed by atoms with E-state index in [1.54, 1.807) is 0 Å². The van der Waals surface area contributed by atoms with Crippen molar-refractivity contribution in [1.82, 2.24) is 15.3 Å². The number of aromatic amines is 1. The summed E-state index contributed by atoms with van der Waals surface area (Å²) >= 11 is 0. The van der Waals surface area contributed by atoms with Crippen LogP contribution in [0.4, 0.5) is 5.82 Å². The summed E-state index contributed by atoms with van der Waals surface area (Å²) in [6.07, 6.45) is 0.607. The van der Waals surface area contributed by atoms with Crippen molar-refractivity contribution in [3.8, 4) is 0 Å². The van der Waals surface area contributed by atoms with E-state index in [2.05, 4.69) is 15.3 Å². The molecule has 1 aromatic rings. The standard InChI is InChI=1S/C9H16N4O/c1-3-6-8(10)12-7(5-11-4-2)13-9(6)14/h11H,3-5H2,1-2H3,(H3,10,12,13,14). The van der Waals surface area contributed by atoms with Gasteiger partial charge in [-0.25, -0.2) is 4.98 Å². The second-order valence-corrected chi connectivity index (χ2v) is 3.01. The molecule has 0 radical (unpaired) electrons. The maximum Gasteiger partial charge on any atom is 0.256 e.